The van der Waals surface area contributed by atoms with Crippen molar-refractivity contribution in [2.45, 2.75) is 57.9 Å². The minimum absolute atomic E-state index is 0.234. The van der Waals surface area contributed by atoms with Crippen molar-refractivity contribution in [1.82, 2.24) is 15.5 Å². The SMILES string of the molecule is CCC1CCC2(CC1)NC(=O)N(CC(=O)NCCCOc1cccc(C)c1)C2=O. The lowest BCUT2D eigenvalue weighted by Crippen LogP contribution is -2.50. The number of carbonyl (C=O) groups excluding carboxylic acids is 3. The van der Waals surface area contributed by atoms with Crippen LogP contribution in [0.25, 0.3) is 0 Å². The first kappa shape index (κ1) is 21.1. The van der Waals surface area contributed by atoms with Crippen molar-refractivity contribution >= 4 is 17.8 Å². The fourth-order valence-corrected chi connectivity index (χ4v) is 4.13. The zero-order chi connectivity index (χ0) is 20.9. The van der Waals surface area contributed by atoms with Crippen LogP contribution in [0.1, 0.15) is 51.0 Å². The number of imide groups is 1. The molecule has 0 aromatic heterocycles. The molecule has 1 heterocycles. The van der Waals surface area contributed by atoms with Gasteiger partial charge in [-0.2, -0.15) is 0 Å². The second-order valence-electron chi connectivity index (χ2n) is 8.12. The van der Waals surface area contributed by atoms with Crippen molar-refractivity contribution in [2.75, 3.05) is 19.7 Å². The van der Waals surface area contributed by atoms with E-state index in [2.05, 4.69) is 17.6 Å². The van der Waals surface area contributed by atoms with E-state index in [-0.39, 0.29) is 18.4 Å². The summed E-state index contributed by atoms with van der Waals surface area (Å²) >= 11 is 0. The molecule has 158 valence electrons. The fourth-order valence-electron chi connectivity index (χ4n) is 4.13. The standard InChI is InChI=1S/C22H31N3O4/c1-3-17-8-10-22(11-9-17)20(27)25(21(28)24-22)15-19(26)23-12-5-13-29-18-7-4-6-16(2)14-18/h4,6-7,14,17H,3,5,8-13,15H2,1-2H3,(H,23,26)(H,24,28). The Morgan fingerprint density at radius 2 is 2.07 bits per heavy atom. The summed E-state index contributed by atoms with van der Waals surface area (Å²) in [5, 5.41) is 5.62. The number of carbonyl (C=O) groups is 3. The van der Waals surface area contributed by atoms with Gasteiger partial charge in [-0.15, -0.1) is 0 Å². The Hall–Kier alpha value is -2.57. The quantitative estimate of drug-likeness (QED) is 0.518. The molecule has 1 saturated carbocycles. The van der Waals surface area contributed by atoms with Gasteiger partial charge in [0.1, 0.15) is 17.8 Å². The highest BCUT2D eigenvalue weighted by atomic mass is 16.5. The van der Waals surface area contributed by atoms with Crippen LogP contribution in [0.3, 0.4) is 0 Å². The first-order chi connectivity index (χ1) is 13.9. The minimum Gasteiger partial charge on any atom is -0.494 e. The zero-order valence-electron chi connectivity index (χ0n) is 17.3. The van der Waals surface area contributed by atoms with Gasteiger partial charge in [0, 0.05) is 6.54 Å². The molecular formula is C22H31N3O4. The number of nitrogens with one attached hydrogen (secondary N) is 2. The van der Waals surface area contributed by atoms with Crippen molar-refractivity contribution in [3.05, 3.63) is 29.8 Å². The summed E-state index contributed by atoms with van der Waals surface area (Å²) in [5.74, 6) is 0.835. The molecule has 3 rings (SSSR count). The molecule has 2 N–H and O–H groups in total. The highest BCUT2D eigenvalue weighted by Crippen LogP contribution is 2.37. The van der Waals surface area contributed by atoms with Gasteiger partial charge in [-0.05, 0) is 62.6 Å². The first-order valence-electron chi connectivity index (χ1n) is 10.5. The number of benzene rings is 1. The van der Waals surface area contributed by atoms with Crippen molar-refractivity contribution in [3.63, 3.8) is 0 Å². The summed E-state index contributed by atoms with van der Waals surface area (Å²) in [5.41, 5.74) is 0.329. The second kappa shape index (κ2) is 9.29. The first-order valence-corrected chi connectivity index (χ1v) is 10.5. The van der Waals surface area contributed by atoms with E-state index in [9.17, 15) is 14.4 Å². The van der Waals surface area contributed by atoms with Crippen LogP contribution in [0, 0.1) is 12.8 Å². The third-order valence-corrected chi connectivity index (χ3v) is 5.99. The van der Waals surface area contributed by atoms with E-state index in [4.69, 9.17) is 4.74 Å². The minimum atomic E-state index is -0.801. The molecule has 0 atom stereocenters. The molecule has 0 bridgehead atoms. The monoisotopic (exact) mass is 401 g/mol. The van der Waals surface area contributed by atoms with E-state index >= 15 is 0 Å². The number of nitrogens with zero attached hydrogens (tertiary/aromatic N) is 1. The maximum absolute atomic E-state index is 12.8. The van der Waals surface area contributed by atoms with Crippen LogP contribution in [0.2, 0.25) is 0 Å². The third-order valence-electron chi connectivity index (χ3n) is 5.99. The van der Waals surface area contributed by atoms with E-state index in [0.29, 0.717) is 38.3 Å². The lowest BCUT2D eigenvalue weighted by atomic mass is 9.75. The van der Waals surface area contributed by atoms with Crippen molar-refractivity contribution in [3.8, 4) is 5.75 Å². The Balaban J connectivity index is 1.40. The Morgan fingerprint density at radius 3 is 2.76 bits per heavy atom. The topological polar surface area (TPSA) is 87.7 Å². The molecule has 2 aliphatic rings. The zero-order valence-corrected chi connectivity index (χ0v) is 17.3. The second-order valence-corrected chi connectivity index (χ2v) is 8.12. The van der Waals surface area contributed by atoms with Gasteiger partial charge in [-0.1, -0.05) is 25.5 Å². The normalized spacial score (nSPS) is 23.9. The molecule has 0 radical (unpaired) electrons. The molecule has 1 aliphatic carbocycles. The van der Waals surface area contributed by atoms with Gasteiger partial charge in [-0.3, -0.25) is 14.5 Å². The summed E-state index contributed by atoms with van der Waals surface area (Å²) in [6, 6.07) is 7.34. The van der Waals surface area contributed by atoms with Crippen LogP contribution >= 0.6 is 0 Å². The molecule has 7 heteroatoms. The van der Waals surface area contributed by atoms with E-state index in [1.54, 1.807) is 0 Å². The Morgan fingerprint density at radius 1 is 1.31 bits per heavy atom. The molecular weight excluding hydrogens is 370 g/mol. The average Bonchev–Trinajstić information content (AvgIpc) is 2.92. The molecule has 1 aliphatic heterocycles. The van der Waals surface area contributed by atoms with Gasteiger partial charge in [0.25, 0.3) is 5.91 Å². The van der Waals surface area contributed by atoms with Gasteiger partial charge in [-0.25, -0.2) is 4.79 Å². The number of ether oxygens (including phenoxy) is 1. The summed E-state index contributed by atoms with van der Waals surface area (Å²) in [7, 11) is 0. The fraction of sp³-hybridized carbons (Fsp3) is 0.591. The van der Waals surface area contributed by atoms with Crippen LogP contribution < -0.4 is 15.4 Å². The lowest BCUT2D eigenvalue weighted by Gasteiger charge is -2.34. The Labute approximate surface area is 172 Å². The van der Waals surface area contributed by atoms with Crippen LogP contribution in [0.15, 0.2) is 24.3 Å². The van der Waals surface area contributed by atoms with Crippen LogP contribution in [0.4, 0.5) is 4.79 Å². The number of amides is 4. The predicted molar refractivity (Wildman–Crippen MR) is 110 cm³/mol. The maximum atomic E-state index is 12.8. The van der Waals surface area contributed by atoms with Crippen molar-refractivity contribution in [1.29, 1.82) is 0 Å². The van der Waals surface area contributed by atoms with E-state index in [1.807, 2.05) is 31.2 Å². The van der Waals surface area contributed by atoms with Crippen LogP contribution in [-0.4, -0.2) is 48.0 Å². The smallest absolute Gasteiger partial charge is 0.325 e. The highest BCUT2D eigenvalue weighted by Gasteiger charge is 2.52. The van der Waals surface area contributed by atoms with E-state index < -0.39 is 11.6 Å². The van der Waals surface area contributed by atoms with Gasteiger partial charge >= 0.3 is 6.03 Å². The van der Waals surface area contributed by atoms with Crippen LogP contribution in [-0.2, 0) is 9.59 Å². The summed E-state index contributed by atoms with van der Waals surface area (Å²) < 4.78 is 5.65. The third kappa shape index (κ3) is 5.08. The molecule has 7 nitrogen and oxygen atoms in total. The number of hydrogen-bond donors (Lipinski definition) is 2. The maximum Gasteiger partial charge on any atom is 0.325 e. The molecule has 2 fully saturated rings. The Bertz CT molecular complexity index is 756. The van der Waals surface area contributed by atoms with Crippen molar-refractivity contribution in [2.24, 2.45) is 5.92 Å². The van der Waals surface area contributed by atoms with Gasteiger partial charge in [0.05, 0.1) is 6.61 Å². The van der Waals surface area contributed by atoms with Gasteiger partial charge in [0.15, 0.2) is 0 Å². The van der Waals surface area contributed by atoms with Crippen LogP contribution in [0.5, 0.6) is 5.75 Å². The summed E-state index contributed by atoms with van der Waals surface area (Å²) in [6.07, 6.45) is 4.92. The number of urea groups is 1. The van der Waals surface area contributed by atoms with Gasteiger partial charge in [0.2, 0.25) is 5.91 Å². The summed E-state index contributed by atoms with van der Waals surface area (Å²) in [4.78, 5) is 38.4. The molecule has 1 aromatic rings. The van der Waals surface area contributed by atoms with E-state index in [1.165, 1.54) is 0 Å². The van der Waals surface area contributed by atoms with E-state index in [0.717, 1.165) is 35.5 Å². The van der Waals surface area contributed by atoms with Crippen molar-refractivity contribution < 1.29 is 19.1 Å². The number of hydrogen-bond acceptors (Lipinski definition) is 4. The average molecular weight is 402 g/mol. The molecule has 0 unspecified atom stereocenters. The largest absolute Gasteiger partial charge is 0.494 e. The number of aryl methyl sites for hydroxylation is 1. The highest BCUT2D eigenvalue weighted by molar-refractivity contribution is 6.09. The Kier molecular flexibility index (Phi) is 6.77. The lowest BCUT2D eigenvalue weighted by molar-refractivity contribution is -0.136. The molecule has 1 spiro atoms. The predicted octanol–water partition coefficient (Wildman–Crippen LogP) is 2.77. The molecule has 1 aromatic carbocycles. The van der Waals surface area contributed by atoms with Gasteiger partial charge < -0.3 is 15.4 Å². The number of rotatable bonds is 8. The summed E-state index contributed by atoms with van der Waals surface area (Å²) in [6.45, 7) is 4.83. The molecule has 4 amide bonds. The molecule has 1 saturated heterocycles. The molecule has 29 heavy (non-hydrogen) atoms.